The Morgan fingerprint density at radius 2 is 2.11 bits per heavy atom. The number of ether oxygens (including phenoxy) is 1. The summed E-state index contributed by atoms with van der Waals surface area (Å²) < 4.78 is 19.2. The third-order valence-corrected chi connectivity index (χ3v) is 4.67. The molecule has 1 aromatic carbocycles. The third kappa shape index (κ3) is 3.88. The number of hydrogen-bond acceptors (Lipinski definition) is 6. The van der Waals surface area contributed by atoms with Crippen LogP contribution in [0.15, 0.2) is 30.5 Å². The van der Waals surface area contributed by atoms with Crippen LogP contribution in [0, 0.1) is 11.7 Å². The van der Waals surface area contributed by atoms with Gasteiger partial charge in [-0.3, -0.25) is 9.69 Å². The van der Waals surface area contributed by atoms with Crippen LogP contribution in [0.1, 0.15) is 42.7 Å². The van der Waals surface area contributed by atoms with Crippen LogP contribution in [0.25, 0.3) is 0 Å². The molecule has 1 aliphatic rings. The fourth-order valence-corrected chi connectivity index (χ4v) is 3.02. The van der Waals surface area contributed by atoms with E-state index < -0.39 is 17.8 Å². The van der Waals surface area contributed by atoms with E-state index in [-0.39, 0.29) is 29.5 Å². The number of nitrogens with two attached hydrogens (primary N) is 1. The van der Waals surface area contributed by atoms with Gasteiger partial charge in [0.05, 0.1) is 17.6 Å². The fraction of sp³-hybridized carbons (Fsp3) is 0.368. The smallest absolute Gasteiger partial charge is 0.415 e. The van der Waals surface area contributed by atoms with Gasteiger partial charge >= 0.3 is 6.09 Å². The number of primary amides is 1. The predicted octanol–water partition coefficient (Wildman–Crippen LogP) is 2.87. The summed E-state index contributed by atoms with van der Waals surface area (Å²) in [4.78, 5) is 33.4. The SMILES string of the molecule is CC(Nc1nccc(N2C(=O)OCC2C(C)C)n1)c1ccc(C(N)=O)c(F)c1. The monoisotopic (exact) mass is 387 g/mol. The van der Waals surface area contributed by atoms with Crippen molar-refractivity contribution < 1.29 is 18.7 Å². The molecule has 0 bridgehead atoms. The van der Waals surface area contributed by atoms with Crippen molar-refractivity contribution in [3.63, 3.8) is 0 Å². The lowest BCUT2D eigenvalue weighted by atomic mass is 10.0. The highest BCUT2D eigenvalue weighted by Gasteiger charge is 2.37. The van der Waals surface area contributed by atoms with E-state index in [9.17, 15) is 14.0 Å². The van der Waals surface area contributed by atoms with E-state index in [2.05, 4.69) is 15.3 Å². The molecule has 2 unspecified atom stereocenters. The number of cyclic esters (lactones) is 1. The van der Waals surface area contributed by atoms with Crippen LogP contribution >= 0.6 is 0 Å². The van der Waals surface area contributed by atoms with Crippen molar-refractivity contribution in [3.05, 3.63) is 47.4 Å². The number of anilines is 2. The normalized spacial score (nSPS) is 17.5. The number of nitrogens with one attached hydrogen (secondary N) is 1. The minimum atomic E-state index is -0.821. The summed E-state index contributed by atoms with van der Waals surface area (Å²) in [5.74, 6) is -0.595. The van der Waals surface area contributed by atoms with Crippen LogP contribution in [0.3, 0.4) is 0 Å². The number of hydrogen-bond donors (Lipinski definition) is 2. The number of rotatable bonds is 6. The lowest BCUT2D eigenvalue weighted by Crippen LogP contribution is -2.37. The first-order chi connectivity index (χ1) is 13.3. The Balaban J connectivity index is 1.80. The van der Waals surface area contributed by atoms with Crippen LogP contribution in [0.5, 0.6) is 0 Å². The first kappa shape index (κ1) is 19.5. The highest BCUT2D eigenvalue weighted by molar-refractivity contribution is 5.93. The zero-order valence-corrected chi connectivity index (χ0v) is 15.8. The Hall–Kier alpha value is -3.23. The standard InChI is InChI=1S/C19H22FN5O3/c1-10(2)15-9-28-19(27)25(15)16-6-7-22-18(24-16)23-11(3)12-4-5-13(17(21)26)14(20)8-12/h4-8,10-11,15H,9H2,1-3H3,(H2,21,26)(H,22,23,24). The molecule has 3 N–H and O–H groups in total. The Bertz CT molecular complexity index is 905. The van der Waals surface area contributed by atoms with Crippen molar-refractivity contribution >= 4 is 23.8 Å². The molecule has 9 heteroatoms. The molecule has 1 aliphatic heterocycles. The lowest BCUT2D eigenvalue weighted by molar-refractivity contribution is 0.0996. The summed E-state index contributed by atoms with van der Waals surface area (Å²) in [7, 11) is 0. The van der Waals surface area contributed by atoms with Crippen LogP contribution in [-0.2, 0) is 4.74 Å². The molecule has 0 spiro atoms. The number of amides is 2. The minimum Gasteiger partial charge on any atom is -0.447 e. The zero-order valence-electron chi connectivity index (χ0n) is 15.8. The molecule has 0 radical (unpaired) electrons. The van der Waals surface area contributed by atoms with Crippen molar-refractivity contribution in [2.45, 2.75) is 32.9 Å². The zero-order chi connectivity index (χ0) is 20.4. The Morgan fingerprint density at radius 3 is 2.75 bits per heavy atom. The van der Waals surface area contributed by atoms with E-state index in [4.69, 9.17) is 10.5 Å². The molecule has 1 aromatic heterocycles. The van der Waals surface area contributed by atoms with Gasteiger partial charge in [-0.15, -0.1) is 0 Å². The second kappa shape index (κ2) is 7.79. The van der Waals surface area contributed by atoms with Crippen molar-refractivity contribution in [3.8, 4) is 0 Å². The number of nitrogens with zero attached hydrogens (tertiary/aromatic N) is 3. The number of halogens is 1. The molecule has 0 aliphatic carbocycles. The second-order valence-electron chi connectivity index (χ2n) is 6.97. The maximum atomic E-state index is 14.0. The number of carbonyl (C=O) groups excluding carboxylic acids is 2. The molecule has 28 heavy (non-hydrogen) atoms. The fourth-order valence-electron chi connectivity index (χ4n) is 3.02. The van der Waals surface area contributed by atoms with Gasteiger partial charge in [0.15, 0.2) is 0 Å². The third-order valence-electron chi connectivity index (χ3n) is 4.67. The van der Waals surface area contributed by atoms with Crippen LogP contribution in [-0.4, -0.2) is 34.6 Å². The summed E-state index contributed by atoms with van der Waals surface area (Å²) in [5.41, 5.74) is 5.56. The van der Waals surface area contributed by atoms with Crippen LogP contribution < -0.4 is 16.0 Å². The summed E-state index contributed by atoms with van der Waals surface area (Å²) in [6, 6.07) is 5.38. The Morgan fingerprint density at radius 1 is 1.36 bits per heavy atom. The average molecular weight is 387 g/mol. The maximum Gasteiger partial charge on any atom is 0.415 e. The molecule has 2 heterocycles. The van der Waals surface area contributed by atoms with E-state index in [1.165, 1.54) is 23.2 Å². The molecule has 2 aromatic rings. The van der Waals surface area contributed by atoms with Gasteiger partial charge in [-0.05, 0) is 36.6 Å². The molecular weight excluding hydrogens is 365 g/mol. The van der Waals surface area contributed by atoms with E-state index in [1.54, 1.807) is 19.1 Å². The van der Waals surface area contributed by atoms with Crippen molar-refractivity contribution in [1.29, 1.82) is 0 Å². The van der Waals surface area contributed by atoms with E-state index in [0.29, 0.717) is 18.0 Å². The van der Waals surface area contributed by atoms with E-state index >= 15 is 0 Å². The van der Waals surface area contributed by atoms with Gasteiger partial charge in [0.1, 0.15) is 18.2 Å². The van der Waals surface area contributed by atoms with Gasteiger partial charge in [-0.25, -0.2) is 14.2 Å². The van der Waals surface area contributed by atoms with Crippen LogP contribution in [0.2, 0.25) is 0 Å². The Labute approximate surface area is 161 Å². The second-order valence-corrected chi connectivity index (χ2v) is 6.97. The molecule has 0 saturated carbocycles. The first-order valence-electron chi connectivity index (χ1n) is 8.92. The minimum absolute atomic E-state index is 0.108. The Kier molecular flexibility index (Phi) is 5.43. The van der Waals surface area contributed by atoms with Crippen molar-refractivity contribution in [1.82, 2.24) is 9.97 Å². The summed E-state index contributed by atoms with van der Waals surface area (Å²) in [6.45, 7) is 6.12. The predicted molar refractivity (Wildman–Crippen MR) is 101 cm³/mol. The quantitative estimate of drug-likeness (QED) is 0.789. The van der Waals surface area contributed by atoms with Gasteiger partial charge < -0.3 is 15.8 Å². The van der Waals surface area contributed by atoms with Gasteiger partial charge in [-0.1, -0.05) is 19.9 Å². The highest BCUT2D eigenvalue weighted by atomic mass is 19.1. The summed E-state index contributed by atoms with van der Waals surface area (Å²) in [6.07, 6.45) is 1.09. The maximum absolute atomic E-state index is 14.0. The highest BCUT2D eigenvalue weighted by Crippen LogP contribution is 2.27. The summed E-state index contributed by atoms with van der Waals surface area (Å²) in [5, 5.41) is 3.07. The van der Waals surface area contributed by atoms with E-state index in [0.717, 1.165) is 0 Å². The largest absolute Gasteiger partial charge is 0.447 e. The number of benzene rings is 1. The average Bonchev–Trinajstić information content (AvgIpc) is 3.03. The van der Waals surface area contributed by atoms with E-state index in [1.807, 2.05) is 13.8 Å². The van der Waals surface area contributed by atoms with Crippen LogP contribution in [0.4, 0.5) is 21.0 Å². The molecule has 148 valence electrons. The molecule has 1 fully saturated rings. The lowest BCUT2D eigenvalue weighted by Gasteiger charge is -2.23. The van der Waals surface area contributed by atoms with Gasteiger partial charge in [0.2, 0.25) is 5.95 Å². The van der Waals surface area contributed by atoms with Gasteiger partial charge in [0, 0.05) is 6.20 Å². The van der Waals surface area contributed by atoms with Gasteiger partial charge in [-0.2, -0.15) is 4.98 Å². The van der Waals surface area contributed by atoms with Crippen molar-refractivity contribution in [2.75, 3.05) is 16.8 Å². The molecule has 3 rings (SSSR count). The summed E-state index contributed by atoms with van der Waals surface area (Å²) >= 11 is 0. The molecule has 2 atom stereocenters. The van der Waals surface area contributed by atoms with Crippen molar-refractivity contribution in [2.24, 2.45) is 11.7 Å². The number of aromatic nitrogens is 2. The molecule has 2 amide bonds. The van der Waals surface area contributed by atoms with Gasteiger partial charge in [0.25, 0.3) is 5.91 Å². The molecule has 8 nitrogen and oxygen atoms in total. The molecule has 1 saturated heterocycles. The number of carbonyl (C=O) groups is 2. The molecular formula is C19H22FN5O3. The topological polar surface area (TPSA) is 110 Å². The first-order valence-corrected chi connectivity index (χ1v) is 8.92.